The Hall–Kier alpha value is -1.82. The number of hydrogen-bond acceptors (Lipinski definition) is 4. The van der Waals surface area contributed by atoms with Gasteiger partial charge in [0.1, 0.15) is 5.82 Å². The summed E-state index contributed by atoms with van der Waals surface area (Å²) < 4.78 is 5.73. The van der Waals surface area contributed by atoms with E-state index in [1.54, 1.807) is 6.20 Å². The number of aromatic nitrogens is 1. The molecular formula is C17H28N4O2. The first-order valence-electron chi connectivity index (χ1n) is 8.35. The van der Waals surface area contributed by atoms with Gasteiger partial charge in [-0.05, 0) is 38.3 Å². The monoisotopic (exact) mass is 320 g/mol. The summed E-state index contributed by atoms with van der Waals surface area (Å²) in [5.41, 5.74) is 0.699. The number of amides is 2. The van der Waals surface area contributed by atoms with Crippen LogP contribution in [0.3, 0.4) is 0 Å². The van der Waals surface area contributed by atoms with Crippen molar-refractivity contribution in [2.45, 2.75) is 46.3 Å². The van der Waals surface area contributed by atoms with Gasteiger partial charge in [0, 0.05) is 19.6 Å². The van der Waals surface area contributed by atoms with Crippen LogP contribution in [-0.2, 0) is 4.74 Å². The number of carbonyl (C=O) groups excluding carboxylic acids is 1. The largest absolute Gasteiger partial charge is 0.372 e. The van der Waals surface area contributed by atoms with Gasteiger partial charge in [-0.15, -0.1) is 0 Å². The molecule has 6 nitrogen and oxygen atoms in total. The van der Waals surface area contributed by atoms with E-state index in [1.807, 2.05) is 12.1 Å². The number of morpholine rings is 1. The summed E-state index contributed by atoms with van der Waals surface area (Å²) in [4.78, 5) is 18.5. The number of ether oxygens (including phenoxy) is 1. The molecule has 128 valence electrons. The maximum Gasteiger partial charge on any atom is 0.319 e. The second kappa shape index (κ2) is 8.15. The van der Waals surface area contributed by atoms with E-state index in [4.69, 9.17) is 4.74 Å². The Labute approximate surface area is 138 Å². The first kappa shape index (κ1) is 17.5. The summed E-state index contributed by atoms with van der Waals surface area (Å²) in [6, 6.07) is 3.64. The number of rotatable bonds is 5. The molecule has 2 unspecified atom stereocenters. The van der Waals surface area contributed by atoms with Crippen molar-refractivity contribution in [1.82, 2.24) is 10.3 Å². The highest BCUT2D eigenvalue weighted by atomic mass is 16.5. The smallest absolute Gasteiger partial charge is 0.319 e. The molecule has 2 N–H and O–H groups in total. The Morgan fingerprint density at radius 1 is 1.35 bits per heavy atom. The van der Waals surface area contributed by atoms with Gasteiger partial charge in [-0.3, -0.25) is 0 Å². The first-order valence-corrected chi connectivity index (χ1v) is 8.35. The molecule has 1 aliphatic rings. The average Bonchev–Trinajstić information content (AvgIpc) is 2.46. The van der Waals surface area contributed by atoms with E-state index in [9.17, 15) is 4.79 Å². The lowest BCUT2D eigenvalue weighted by Crippen LogP contribution is -2.45. The third-order valence-electron chi connectivity index (χ3n) is 3.76. The molecule has 0 aliphatic carbocycles. The van der Waals surface area contributed by atoms with Crippen LogP contribution in [0.4, 0.5) is 16.3 Å². The van der Waals surface area contributed by atoms with Crippen LogP contribution >= 0.6 is 0 Å². The molecule has 0 radical (unpaired) electrons. The Balaban J connectivity index is 1.85. The summed E-state index contributed by atoms with van der Waals surface area (Å²) in [6.45, 7) is 10.8. The van der Waals surface area contributed by atoms with Crippen LogP contribution < -0.4 is 15.5 Å². The maximum atomic E-state index is 11.8. The number of nitrogens with zero attached hydrogens (tertiary/aromatic N) is 2. The number of carbonyl (C=O) groups is 1. The zero-order chi connectivity index (χ0) is 16.8. The van der Waals surface area contributed by atoms with Gasteiger partial charge in [0.15, 0.2) is 0 Å². The number of anilines is 2. The van der Waals surface area contributed by atoms with E-state index >= 15 is 0 Å². The fourth-order valence-corrected chi connectivity index (χ4v) is 2.66. The summed E-state index contributed by atoms with van der Waals surface area (Å²) in [5.74, 6) is 1.49. The Kier molecular flexibility index (Phi) is 6.21. The fourth-order valence-electron chi connectivity index (χ4n) is 2.66. The molecule has 0 saturated carbocycles. The number of urea groups is 1. The zero-order valence-corrected chi connectivity index (χ0v) is 14.5. The molecule has 2 rings (SSSR count). The molecule has 2 heterocycles. The zero-order valence-electron chi connectivity index (χ0n) is 14.5. The van der Waals surface area contributed by atoms with Crippen LogP contribution in [0.25, 0.3) is 0 Å². The summed E-state index contributed by atoms with van der Waals surface area (Å²) in [5, 5.41) is 5.65. The highest BCUT2D eigenvalue weighted by Gasteiger charge is 2.22. The maximum absolute atomic E-state index is 11.8. The molecule has 0 spiro atoms. The molecule has 2 atom stereocenters. The third kappa shape index (κ3) is 5.71. The van der Waals surface area contributed by atoms with Gasteiger partial charge in [0.2, 0.25) is 0 Å². The second-order valence-electron chi connectivity index (χ2n) is 6.63. The van der Waals surface area contributed by atoms with Gasteiger partial charge in [-0.1, -0.05) is 13.8 Å². The van der Waals surface area contributed by atoms with Crippen LogP contribution in [0.2, 0.25) is 0 Å². The van der Waals surface area contributed by atoms with Crippen molar-refractivity contribution in [1.29, 1.82) is 0 Å². The van der Waals surface area contributed by atoms with Crippen LogP contribution in [-0.4, -0.2) is 42.9 Å². The molecule has 0 aromatic carbocycles. The van der Waals surface area contributed by atoms with Crippen LogP contribution in [0.1, 0.15) is 34.1 Å². The van der Waals surface area contributed by atoms with E-state index in [0.717, 1.165) is 25.3 Å². The minimum absolute atomic E-state index is 0.186. The highest BCUT2D eigenvalue weighted by Crippen LogP contribution is 2.19. The van der Waals surface area contributed by atoms with Gasteiger partial charge >= 0.3 is 6.03 Å². The van der Waals surface area contributed by atoms with Crippen molar-refractivity contribution in [3.8, 4) is 0 Å². The summed E-state index contributed by atoms with van der Waals surface area (Å²) in [6.07, 6.45) is 3.07. The Morgan fingerprint density at radius 3 is 2.61 bits per heavy atom. The van der Waals surface area contributed by atoms with Crippen LogP contribution in [0.5, 0.6) is 0 Å². The SMILES string of the molecule is CC(C)CCNC(=O)Nc1ccc(N2CC(C)OC(C)C2)nc1. The number of pyridine rings is 1. The van der Waals surface area contributed by atoms with Crippen molar-refractivity contribution in [3.05, 3.63) is 18.3 Å². The second-order valence-corrected chi connectivity index (χ2v) is 6.63. The van der Waals surface area contributed by atoms with Crippen molar-refractivity contribution in [2.75, 3.05) is 29.9 Å². The molecule has 1 aromatic rings. The standard InChI is InChI=1S/C17H28N4O2/c1-12(2)7-8-18-17(22)20-15-5-6-16(19-9-15)21-10-13(3)23-14(4)11-21/h5-6,9,12-14H,7-8,10-11H2,1-4H3,(H2,18,20,22). The van der Waals surface area contributed by atoms with Crippen LogP contribution in [0, 0.1) is 5.92 Å². The fraction of sp³-hybridized carbons (Fsp3) is 0.647. The lowest BCUT2D eigenvalue weighted by molar-refractivity contribution is -0.00545. The van der Waals surface area contributed by atoms with E-state index in [1.165, 1.54) is 0 Å². The van der Waals surface area contributed by atoms with Crippen molar-refractivity contribution < 1.29 is 9.53 Å². The van der Waals surface area contributed by atoms with E-state index < -0.39 is 0 Å². The molecule has 0 bridgehead atoms. The molecule has 1 aromatic heterocycles. The van der Waals surface area contributed by atoms with E-state index in [0.29, 0.717) is 18.2 Å². The molecule has 1 fully saturated rings. The molecule has 23 heavy (non-hydrogen) atoms. The predicted octanol–water partition coefficient (Wildman–Crippen LogP) is 2.86. The van der Waals surface area contributed by atoms with Gasteiger partial charge < -0.3 is 20.3 Å². The average molecular weight is 320 g/mol. The first-order chi connectivity index (χ1) is 10.9. The number of nitrogens with one attached hydrogen (secondary N) is 2. The third-order valence-corrected chi connectivity index (χ3v) is 3.76. The van der Waals surface area contributed by atoms with Gasteiger partial charge in [-0.25, -0.2) is 9.78 Å². The quantitative estimate of drug-likeness (QED) is 0.875. The minimum Gasteiger partial charge on any atom is -0.372 e. The lowest BCUT2D eigenvalue weighted by atomic mass is 10.1. The van der Waals surface area contributed by atoms with E-state index in [-0.39, 0.29) is 18.2 Å². The molecule has 6 heteroatoms. The normalized spacial score (nSPS) is 21.3. The Bertz CT molecular complexity index is 494. The molecule has 1 saturated heterocycles. The Morgan fingerprint density at radius 2 is 2.04 bits per heavy atom. The highest BCUT2D eigenvalue weighted by molar-refractivity contribution is 5.89. The minimum atomic E-state index is -0.186. The van der Waals surface area contributed by atoms with Crippen molar-refractivity contribution in [2.24, 2.45) is 5.92 Å². The molecule has 1 aliphatic heterocycles. The topological polar surface area (TPSA) is 66.5 Å². The molecular weight excluding hydrogens is 292 g/mol. The van der Waals surface area contributed by atoms with Gasteiger partial charge in [-0.2, -0.15) is 0 Å². The van der Waals surface area contributed by atoms with Crippen molar-refractivity contribution in [3.63, 3.8) is 0 Å². The van der Waals surface area contributed by atoms with Gasteiger partial charge in [0.05, 0.1) is 24.1 Å². The van der Waals surface area contributed by atoms with E-state index in [2.05, 4.69) is 48.2 Å². The van der Waals surface area contributed by atoms with Crippen molar-refractivity contribution >= 4 is 17.5 Å². The van der Waals surface area contributed by atoms with Crippen LogP contribution in [0.15, 0.2) is 18.3 Å². The van der Waals surface area contributed by atoms with Gasteiger partial charge in [0.25, 0.3) is 0 Å². The lowest BCUT2D eigenvalue weighted by Gasteiger charge is -2.36. The summed E-state index contributed by atoms with van der Waals surface area (Å²) in [7, 11) is 0. The predicted molar refractivity (Wildman–Crippen MR) is 92.9 cm³/mol. The molecule has 2 amide bonds. The number of hydrogen-bond donors (Lipinski definition) is 2. The summed E-state index contributed by atoms with van der Waals surface area (Å²) >= 11 is 0.